The maximum absolute atomic E-state index is 11.9. The smallest absolute Gasteiger partial charge is 0.269 e. The van der Waals surface area contributed by atoms with E-state index in [9.17, 15) is 4.79 Å². The third-order valence-corrected chi connectivity index (χ3v) is 3.94. The van der Waals surface area contributed by atoms with Crippen LogP contribution in [0, 0.1) is 6.92 Å². The van der Waals surface area contributed by atoms with Crippen molar-refractivity contribution in [3.8, 4) is 0 Å². The Balaban J connectivity index is 2.39. The number of hydrogen-bond donors (Lipinski definition) is 1. The Morgan fingerprint density at radius 1 is 1.42 bits per heavy atom. The van der Waals surface area contributed by atoms with Crippen LogP contribution >= 0.6 is 15.9 Å². The fourth-order valence-electron chi connectivity index (χ4n) is 1.85. The third-order valence-electron chi connectivity index (χ3n) is 2.91. The van der Waals surface area contributed by atoms with Gasteiger partial charge in [0.05, 0.1) is 34.3 Å². The minimum atomic E-state index is -0.139. The van der Waals surface area contributed by atoms with Gasteiger partial charge < -0.3 is 5.32 Å². The molecule has 0 saturated heterocycles. The summed E-state index contributed by atoms with van der Waals surface area (Å²) in [4.78, 5) is 11.9. The van der Waals surface area contributed by atoms with Gasteiger partial charge in [-0.2, -0.15) is 10.2 Å². The van der Waals surface area contributed by atoms with Crippen LogP contribution in [-0.4, -0.2) is 26.6 Å². The Labute approximate surface area is 119 Å². The second kappa shape index (κ2) is 5.56. The zero-order valence-corrected chi connectivity index (χ0v) is 12.7. The standard InChI is InChI=1S/C12H16BrN5O/c1-4-17-10(12(13)8(2)16-17)7-18-11(19)5-9(14-3)6-15-18/h5-6,14H,4,7H2,1-3H3. The molecule has 0 saturated carbocycles. The number of nitrogens with one attached hydrogen (secondary N) is 1. The van der Waals surface area contributed by atoms with Gasteiger partial charge in [-0.3, -0.25) is 9.48 Å². The molecule has 6 nitrogen and oxygen atoms in total. The monoisotopic (exact) mass is 325 g/mol. The average molecular weight is 326 g/mol. The van der Waals surface area contributed by atoms with Crippen LogP contribution < -0.4 is 10.9 Å². The van der Waals surface area contributed by atoms with Gasteiger partial charge in [0.15, 0.2) is 0 Å². The lowest BCUT2D eigenvalue weighted by Gasteiger charge is -2.08. The molecule has 102 valence electrons. The summed E-state index contributed by atoms with van der Waals surface area (Å²) in [6.45, 7) is 5.10. The average Bonchev–Trinajstić information content (AvgIpc) is 2.68. The summed E-state index contributed by atoms with van der Waals surface area (Å²) in [6, 6.07) is 1.53. The van der Waals surface area contributed by atoms with Crippen LogP contribution in [-0.2, 0) is 13.1 Å². The maximum atomic E-state index is 11.9. The second-order valence-corrected chi connectivity index (χ2v) is 4.94. The molecule has 0 fully saturated rings. The van der Waals surface area contributed by atoms with E-state index in [2.05, 4.69) is 31.4 Å². The first-order valence-electron chi connectivity index (χ1n) is 6.03. The molecular formula is C12H16BrN5O. The molecule has 0 spiro atoms. The maximum Gasteiger partial charge on any atom is 0.269 e. The van der Waals surface area contributed by atoms with Crippen molar-refractivity contribution < 1.29 is 0 Å². The molecule has 0 aliphatic rings. The number of nitrogens with zero attached hydrogens (tertiary/aromatic N) is 4. The van der Waals surface area contributed by atoms with Crippen LogP contribution in [0.2, 0.25) is 0 Å². The Morgan fingerprint density at radius 3 is 2.74 bits per heavy atom. The van der Waals surface area contributed by atoms with Gasteiger partial charge in [0.25, 0.3) is 5.56 Å². The van der Waals surface area contributed by atoms with E-state index in [1.165, 1.54) is 10.7 Å². The first-order valence-corrected chi connectivity index (χ1v) is 6.82. The molecule has 2 heterocycles. The molecule has 0 bridgehead atoms. The Bertz CT molecular complexity index is 646. The lowest BCUT2D eigenvalue weighted by molar-refractivity contribution is 0.558. The lowest BCUT2D eigenvalue weighted by atomic mass is 10.3. The normalized spacial score (nSPS) is 10.7. The summed E-state index contributed by atoms with van der Waals surface area (Å²) in [5.74, 6) is 0. The Kier molecular flexibility index (Phi) is 4.04. The Hall–Kier alpha value is -1.63. The molecule has 0 radical (unpaired) electrons. The molecule has 0 amide bonds. The van der Waals surface area contributed by atoms with Gasteiger partial charge in [0, 0.05) is 19.7 Å². The largest absolute Gasteiger partial charge is 0.387 e. The van der Waals surface area contributed by atoms with Crippen LogP contribution in [0.4, 0.5) is 5.69 Å². The highest BCUT2D eigenvalue weighted by atomic mass is 79.9. The second-order valence-electron chi connectivity index (χ2n) is 4.15. The van der Waals surface area contributed by atoms with Crippen molar-refractivity contribution in [2.75, 3.05) is 12.4 Å². The zero-order chi connectivity index (χ0) is 14.0. The predicted molar refractivity (Wildman–Crippen MR) is 77.5 cm³/mol. The fourth-order valence-corrected chi connectivity index (χ4v) is 2.26. The summed E-state index contributed by atoms with van der Waals surface area (Å²) in [7, 11) is 1.76. The van der Waals surface area contributed by atoms with E-state index in [1.807, 2.05) is 18.5 Å². The molecule has 0 unspecified atom stereocenters. The van der Waals surface area contributed by atoms with Gasteiger partial charge >= 0.3 is 0 Å². The summed E-state index contributed by atoms with van der Waals surface area (Å²) in [5, 5.41) is 11.4. The summed E-state index contributed by atoms with van der Waals surface area (Å²) in [5.41, 5.74) is 2.43. The van der Waals surface area contributed by atoms with Crippen molar-refractivity contribution in [3.63, 3.8) is 0 Å². The van der Waals surface area contributed by atoms with Gasteiger partial charge in [-0.15, -0.1) is 0 Å². The highest BCUT2D eigenvalue weighted by molar-refractivity contribution is 9.10. The van der Waals surface area contributed by atoms with Crippen molar-refractivity contribution >= 4 is 21.6 Å². The van der Waals surface area contributed by atoms with Crippen LogP contribution in [0.3, 0.4) is 0 Å². The number of hydrogen-bond acceptors (Lipinski definition) is 4. The quantitative estimate of drug-likeness (QED) is 0.927. The molecule has 0 aliphatic carbocycles. The molecule has 7 heteroatoms. The summed E-state index contributed by atoms with van der Waals surface area (Å²) < 4.78 is 4.23. The van der Waals surface area contributed by atoms with Gasteiger partial charge in [-0.25, -0.2) is 4.68 Å². The SMILES string of the molecule is CCn1nc(C)c(Br)c1Cn1ncc(NC)cc1=O. The predicted octanol–water partition coefficient (Wildman–Crippen LogP) is 1.62. The van der Waals surface area contributed by atoms with Crippen molar-refractivity contribution in [2.45, 2.75) is 26.9 Å². The number of anilines is 1. The van der Waals surface area contributed by atoms with Gasteiger partial charge in [0.2, 0.25) is 0 Å². The summed E-state index contributed by atoms with van der Waals surface area (Å²) in [6.07, 6.45) is 1.63. The van der Waals surface area contributed by atoms with Gasteiger partial charge in [-0.1, -0.05) is 0 Å². The van der Waals surface area contributed by atoms with E-state index < -0.39 is 0 Å². The van der Waals surface area contributed by atoms with Crippen molar-refractivity contribution in [1.82, 2.24) is 19.6 Å². The van der Waals surface area contributed by atoms with E-state index in [4.69, 9.17) is 0 Å². The van der Waals surface area contributed by atoms with Gasteiger partial charge in [-0.05, 0) is 29.8 Å². The molecular weight excluding hydrogens is 310 g/mol. The number of aromatic nitrogens is 4. The third kappa shape index (κ3) is 2.70. The number of rotatable bonds is 4. The molecule has 2 aromatic rings. The first-order chi connectivity index (χ1) is 9.06. The van der Waals surface area contributed by atoms with Gasteiger partial charge in [0.1, 0.15) is 0 Å². The fraction of sp³-hybridized carbons (Fsp3) is 0.417. The molecule has 0 atom stereocenters. The highest BCUT2D eigenvalue weighted by Gasteiger charge is 2.13. The van der Waals surface area contributed by atoms with Crippen molar-refractivity contribution in [2.24, 2.45) is 0 Å². The van der Waals surface area contributed by atoms with E-state index in [0.717, 1.165) is 22.4 Å². The minimum absolute atomic E-state index is 0.139. The minimum Gasteiger partial charge on any atom is -0.387 e. The molecule has 0 aliphatic heterocycles. The molecule has 2 rings (SSSR count). The topological polar surface area (TPSA) is 64.7 Å². The molecule has 19 heavy (non-hydrogen) atoms. The molecule has 2 aromatic heterocycles. The zero-order valence-electron chi connectivity index (χ0n) is 11.1. The van der Waals surface area contributed by atoms with Crippen molar-refractivity contribution in [1.29, 1.82) is 0 Å². The highest BCUT2D eigenvalue weighted by Crippen LogP contribution is 2.21. The van der Waals surface area contributed by atoms with Crippen LogP contribution in [0.5, 0.6) is 0 Å². The molecule has 1 N–H and O–H groups in total. The number of aryl methyl sites for hydroxylation is 2. The van der Waals surface area contributed by atoms with E-state index in [1.54, 1.807) is 13.2 Å². The van der Waals surface area contributed by atoms with Crippen molar-refractivity contribution in [3.05, 3.63) is 38.5 Å². The van der Waals surface area contributed by atoms with Crippen LogP contribution in [0.15, 0.2) is 21.5 Å². The van der Waals surface area contributed by atoms with E-state index >= 15 is 0 Å². The van der Waals surface area contributed by atoms with E-state index in [0.29, 0.717) is 12.2 Å². The number of halogens is 1. The van der Waals surface area contributed by atoms with Crippen LogP contribution in [0.1, 0.15) is 18.3 Å². The molecule has 0 aromatic carbocycles. The van der Waals surface area contributed by atoms with E-state index in [-0.39, 0.29) is 5.56 Å². The Morgan fingerprint density at radius 2 is 2.16 bits per heavy atom. The first kappa shape index (κ1) is 13.8. The van der Waals surface area contributed by atoms with Crippen LogP contribution in [0.25, 0.3) is 0 Å². The summed E-state index contributed by atoms with van der Waals surface area (Å²) >= 11 is 3.51. The lowest BCUT2D eigenvalue weighted by Crippen LogP contribution is -2.24.